The average Bonchev–Trinajstić information content (AvgIpc) is 2.51. The molecule has 0 aromatic rings. The Morgan fingerprint density at radius 3 is 2.83 bits per heavy atom. The smallest absolute Gasteiger partial charge is 0.0203 e. The molecular formula is C10H21NS. The molecule has 0 heterocycles. The maximum absolute atomic E-state index is 3.42. The van der Waals surface area contributed by atoms with E-state index in [0.717, 1.165) is 16.5 Å². The molecule has 0 saturated heterocycles. The maximum Gasteiger partial charge on any atom is 0.0203 e. The van der Waals surface area contributed by atoms with Crippen molar-refractivity contribution in [1.82, 2.24) is 5.32 Å². The van der Waals surface area contributed by atoms with Gasteiger partial charge >= 0.3 is 0 Å². The van der Waals surface area contributed by atoms with Crippen molar-refractivity contribution in [3.63, 3.8) is 0 Å². The minimum Gasteiger partial charge on any atom is -0.316 e. The molecule has 1 aliphatic carbocycles. The van der Waals surface area contributed by atoms with Crippen LogP contribution in [-0.2, 0) is 0 Å². The number of thioether (sulfide) groups is 1. The van der Waals surface area contributed by atoms with E-state index in [4.69, 9.17) is 0 Å². The van der Waals surface area contributed by atoms with Crippen LogP contribution in [0.15, 0.2) is 0 Å². The van der Waals surface area contributed by atoms with Crippen molar-refractivity contribution in [2.45, 2.75) is 56.1 Å². The summed E-state index contributed by atoms with van der Waals surface area (Å²) < 4.78 is 0. The van der Waals surface area contributed by atoms with Crippen LogP contribution in [0.5, 0.6) is 0 Å². The van der Waals surface area contributed by atoms with Crippen molar-refractivity contribution < 1.29 is 0 Å². The fourth-order valence-electron chi connectivity index (χ4n) is 1.81. The van der Waals surface area contributed by atoms with Gasteiger partial charge in [0, 0.05) is 16.5 Å². The zero-order valence-corrected chi connectivity index (χ0v) is 9.29. The van der Waals surface area contributed by atoms with Gasteiger partial charge in [-0.1, -0.05) is 20.3 Å². The Kier molecular flexibility index (Phi) is 4.44. The Morgan fingerprint density at radius 1 is 1.50 bits per heavy atom. The molecule has 0 bridgehead atoms. The van der Waals surface area contributed by atoms with Crippen molar-refractivity contribution in [3.05, 3.63) is 0 Å². The van der Waals surface area contributed by atoms with Crippen molar-refractivity contribution in [1.29, 1.82) is 0 Å². The first-order valence-corrected chi connectivity index (χ1v) is 6.05. The van der Waals surface area contributed by atoms with E-state index in [1.807, 2.05) is 0 Å². The molecular weight excluding hydrogens is 166 g/mol. The summed E-state index contributed by atoms with van der Waals surface area (Å²) >= 11 is 2.18. The summed E-state index contributed by atoms with van der Waals surface area (Å²) in [5.41, 5.74) is 0. The highest BCUT2D eigenvalue weighted by atomic mass is 32.2. The summed E-state index contributed by atoms with van der Waals surface area (Å²) in [7, 11) is 2.10. The minimum absolute atomic E-state index is 0.781. The molecule has 0 aromatic heterocycles. The Balaban J connectivity index is 2.30. The third-order valence-electron chi connectivity index (χ3n) is 2.81. The standard InChI is InChI=1S/C10H21NS/c1-4-8(2)12-10-7-5-6-9(10)11-3/h8-11H,4-7H2,1-3H3. The third kappa shape index (κ3) is 2.67. The van der Waals surface area contributed by atoms with E-state index in [9.17, 15) is 0 Å². The molecule has 0 amide bonds. The second kappa shape index (κ2) is 5.13. The first-order valence-electron chi connectivity index (χ1n) is 5.10. The maximum atomic E-state index is 3.42. The molecule has 2 heteroatoms. The zero-order valence-electron chi connectivity index (χ0n) is 8.47. The molecule has 1 nitrogen and oxygen atoms in total. The Labute approximate surface area is 80.7 Å². The van der Waals surface area contributed by atoms with E-state index in [-0.39, 0.29) is 0 Å². The average molecular weight is 187 g/mol. The van der Waals surface area contributed by atoms with Gasteiger partial charge in [-0.05, 0) is 26.3 Å². The monoisotopic (exact) mass is 187 g/mol. The SMILES string of the molecule is CCC(C)SC1CCCC1NC. The highest BCUT2D eigenvalue weighted by Gasteiger charge is 2.27. The van der Waals surface area contributed by atoms with Gasteiger partial charge in [0.15, 0.2) is 0 Å². The van der Waals surface area contributed by atoms with Crippen LogP contribution in [0, 0.1) is 0 Å². The van der Waals surface area contributed by atoms with Crippen LogP contribution in [-0.4, -0.2) is 23.6 Å². The van der Waals surface area contributed by atoms with E-state index in [1.54, 1.807) is 0 Å². The molecule has 3 unspecified atom stereocenters. The first-order chi connectivity index (χ1) is 5.77. The number of hydrogen-bond donors (Lipinski definition) is 1. The largest absolute Gasteiger partial charge is 0.316 e. The van der Waals surface area contributed by atoms with Crippen molar-refractivity contribution in [2.75, 3.05) is 7.05 Å². The van der Waals surface area contributed by atoms with Crippen LogP contribution in [0.4, 0.5) is 0 Å². The van der Waals surface area contributed by atoms with Gasteiger partial charge < -0.3 is 5.32 Å². The van der Waals surface area contributed by atoms with E-state index in [2.05, 4.69) is 38.0 Å². The summed E-state index contributed by atoms with van der Waals surface area (Å²) in [6.45, 7) is 4.62. The van der Waals surface area contributed by atoms with Gasteiger partial charge in [-0.3, -0.25) is 0 Å². The first kappa shape index (κ1) is 10.4. The molecule has 0 aliphatic heterocycles. The molecule has 1 saturated carbocycles. The molecule has 0 radical (unpaired) electrons. The van der Waals surface area contributed by atoms with Crippen molar-refractivity contribution in [3.8, 4) is 0 Å². The molecule has 1 N–H and O–H groups in total. The summed E-state index contributed by atoms with van der Waals surface area (Å²) in [5.74, 6) is 0. The third-order valence-corrected chi connectivity index (χ3v) is 4.52. The van der Waals surface area contributed by atoms with Gasteiger partial charge in [-0.15, -0.1) is 0 Å². The van der Waals surface area contributed by atoms with E-state index in [0.29, 0.717) is 0 Å². The lowest BCUT2D eigenvalue weighted by atomic mass is 10.2. The summed E-state index contributed by atoms with van der Waals surface area (Å²) in [5, 5.41) is 5.14. The van der Waals surface area contributed by atoms with Gasteiger partial charge in [-0.25, -0.2) is 0 Å². The number of nitrogens with one attached hydrogen (secondary N) is 1. The highest BCUT2D eigenvalue weighted by Crippen LogP contribution is 2.33. The van der Waals surface area contributed by atoms with Crippen molar-refractivity contribution in [2.24, 2.45) is 0 Å². The van der Waals surface area contributed by atoms with Gasteiger partial charge in [0.1, 0.15) is 0 Å². The van der Waals surface area contributed by atoms with Crippen LogP contribution < -0.4 is 5.32 Å². The van der Waals surface area contributed by atoms with Crippen LogP contribution in [0.2, 0.25) is 0 Å². The predicted molar refractivity (Wildman–Crippen MR) is 57.8 cm³/mol. The second-order valence-electron chi connectivity index (χ2n) is 3.72. The Morgan fingerprint density at radius 2 is 2.25 bits per heavy atom. The molecule has 1 rings (SSSR count). The van der Waals surface area contributed by atoms with Gasteiger partial charge in [0.2, 0.25) is 0 Å². The van der Waals surface area contributed by atoms with Gasteiger partial charge in [-0.2, -0.15) is 11.8 Å². The fraction of sp³-hybridized carbons (Fsp3) is 1.00. The Hall–Kier alpha value is 0.310. The van der Waals surface area contributed by atoms with Gasteiger partial charge in [0.25, 0.3) is 0 Å². The quantitative estimate of drug-likeness (QED) is 0.726. The lowest BCUT2D eigenvalue weighted by Gasteiger charge is -2.21. The minimum atomic E-state index is 0.781. The summed E-state index contributed by atoms with van der Waals surface area (Å²) in [6.07, 6.45) is 5.52. The highest BCUT2D eigenvalue weighted by molar-refractivity contribution is 8.00. The molecule has 3 atom stereocenters. The molecule has 12 heavy (non-hydrogen) atoms. The topological polar surface area (TPSA) is 12.0 Å². The fourth-order valence-corrected chi connectivity index (χ4v) is 3.37. The van der Waals surface area contributed by atoms with Crippen LogP contribution in [0.1, 0.15) is 39.5 Å². The molecule has 1 aliphatic rings. The van der Waals surface area contributed by atoms with Crippen molar-refractivity contribution >= 4 is 11.8 Å². The predicted octanol–water partition coefficient (Wildman–Crippen LogP) is 2.66. The second-order valence-corrected chi connectivity index (χ2v) is 5.40. The lowest BCUT2D eigenvalue weighted by Crippen LogP contribution is -2.31. The van der Waals surface area contributed by atoms with E-state index >= 15 is 0 Å². The molecule has 1 fully saturated rings. The lowest BCUT2D eigenvalue weighted by molar-refractivity contribution is 0.590. The van der Waals surface area contributed by atoms with Crippen LogP contribution in [0.3, 0.4) is 0 Å². The Bertz CT molecular complexity index is 127. The molecule has 0 spiro atoms. The molecule has 0 aromatic carbocycles. The van der Waals surface area contributed by atoms with Gasteiger partial charge in [0.05, 0.1) is 0 Å². The van der Waals surface area contributed by atoms with E-state index < -0.39 is 0 Å². The van der Waals surface area contributed by atoms with Crippen LogP contribution >= 0.6 is 11.8 Å². The van der Waals surface area contributed by atoms with E-state index in [1.165, 1.54) is 25.7 Å². The summed E-state index contributed by atoms with van der Waals surface area (Å²) in [4.78, 5) is 0. The molecule has 72 valence electrons. The van der Waals surface area contributed by atoms with Crippen LogP contribution in [0.25, 0.3) is 0 Å². The normalized spacial score (nSPS) is 32.2. The number of rotatable bonds is 4. The number of hydrogen-bond acceptors (Lipinski definition) is 2. The summed E-state index contributed by atoms with van der Waals surface area (Å²) in [6, 6.07) is 0.781. The zero-order chi connectivity index (χ0) is 8.97.